The second-order valence-electron chi connectivity index (χ2n) is 7.97. The highest BCUT2D eigenvalue weighted by Gasteiger charge is 2.39. The van der Waals surface area contributed by atoms with Crippen molar-refractivity contribution < 1.29 is 14.3 Å². The van der Waals surface area contributed by atoms with E-state index in [1.807, 2.05) is 40.1 Å². The molecule has 2 amide bonds. The van der Waals surface area contributed by atoms with Crippen LogP contribution in [0.15, 0.2) is 30.3 Å². The fourth-order valence-corrected chi connectivity index (χ4v) is 4.61. The van der Waals surface area contributed by atoms with E-state index < -0.39 is 6.04 Å². The second-order valence-corrected chi connectivity index (χ2v) is 7.97. The fourth-order valence-electron chi connectivity index (χ4n) is 4.61. The number of carbonyl (C=O) groups is 2. The van der Waals surface area contributed by atoms with Gasteiger partial charge in [0.2, 0.25) is 11.8 Å². The van der Waals surface area contributed by atoms with Gasteiger partial charge in [-0.1, -0.05) is 18.2 Å². The van der Waals surface area contributed by atoms with Crippen LogP contribution in [0.4, 0.5) is 5.69 Å². The van der Waals surface area contributed by atoms with Crippen molar-refractivity contribution in [2.45, 2.75) is 31.3 Å². The Morgan fingerprint density at radius 3 is 2.31 bits per heavy atom. The zero-order chi connectivity index (χ0) is 19.5. The Morgan fingerprint density at radius 1 is 1.00 bits per heavy atom. The van der Waals surface area contributed by atoms with Gasteiger partial charge in [-0.15, -0.1) is 12.4 Å². The maximum Gasteiger partial charge on any atom is 0.244 e. The number of piperazine rings is 1. The molecule has 0 spiro atoms. The third-order valence-electron chi connectivity index (χ3n) is 6.37. The van der Waals surface area contributed by atoms with E-state index in [4.69, 9.17) is 10.5 Å². The SMILES string of the molecule is Cl.NC(C(=O)N1CCN(C2CCN(c3ccccc3)C2=O)CC1)C1CCOCC1. The lowest BCUT2D eigenvalue weighted by Crippen LogP contribution is -2.57. The smallest absolute Gasteiger partial charge is 0.244 e. The van der Waals surface area contributed by atoms with Gasteiger partial charge < -0.3 is 20.3 Å². The highest BCUT2D eigenvalue weighted by molar-refractivity contribution is 5.99. The van der Waals surface area contributed by atoms with Gasteiger partial charge in [-0.2, -0.15) is 0 Å². The molecule has 3 heterocycles. The summed E-state index contributed by atoms with van der Waals surface area (Å²) < 4.78 is 5.37. The number of ether oxygens (including phenoxy) is 1. The minimum absolute atomic E-state index is 0. The molecule has 7 nitrogen and oxygen atoms in total. The molecule has 0 radical (unpaired) electrons. The first-order chi connectivity index (χ1) is 13.6. The van der Waals surface area contributed by atoms with E-state index in [0.29, 0.717) is 26.3 Å². The van der Waals surface area contributed by atoms with Crippen LogP contribution in [0.2, 0.25) is 0 Å². The molecule has 0 aromatic heterocycles. The molecular formula is C21H31ClN4O3. The number of nitrogens with zero attached hydrogens (tertiary/aromatic N) is 3. The fraction of sp³-hybridized carbons (Fsp3) is 0.619. The second kappa shape index (κ2) is 9.89. The number of anilines is 1. The molecule has 2 N–H and O–H groups in total. The Kier molecular flexibility index (Phi) is 7.51. The van der Waals surface area contributed by atoms with Crippen molar-refractivity contribution >= 4 is 29.9 Å². The third-order valence-corrected chi connectivity index (χ3v) is 6.37. The van der Waals surface area contributed by atoms with Gasteiger partial charge in [0.25, 0.3) is 0 Å². The van der Waals surface area contributed by atoms with Crippen molar-refractivity contribution in [1.82, 2.24) is 9.80 Å². The standard InChI is InChI=1S/C21H30N4O3.ClH/c22-19(16-7-14-28-15-8-16)21(27)24-12-10-23(11-13-24)18-6-9-25(20(18)26)17-4-2-1-3-5-17;/h1-5,16,18-19H,6-15,22H2;1H. The Bertz CT molecular complexity index is 690. The third kappa shape index (κ3) is 4.74. The summed E-state index contributed by atoms with van der Waals surface area (Å²) in [6.45, 7) is 4.88. The largest absolute Gasteiger partial charge is 0.381 e. The van der Waals surface area contributed by atoms with Gasteiger partial charge >= 0.3 is 0 Å². The molecule has 3 aliphatic heterocycles. The van der Waals surface area contributed by atoms with Crippen LogP contribution in [0.1, 0.15) is 19.3 Å². The van der Waals surface area contributed by atoms with Crippen LogP contribution in [0.3, 0.4) is 0 Å². The van der Waals surface area contributed by atoms with Crippen molar-refractivity contribution in [1.29, 1.82) is 0 Å². The van der Waals surface area contributed by atoms with Crippen molar-refractivity contribution in [2.24, 2.45) is 11.7 Å². The molecule has 3 aliphatic rings. The van der Waals surface area contributed by atoms with Gasteiger partial charge in [-0.3, -0.25) is 14.5 Å². The lowest BCUT2D eigenvalue weighted by Gasteiger charge is -2.39. The predicted molar refractivity (Wildman–Crippen MR) is 114 cm³/mol. The maximum absolute atomic E-state index is 12.9. The molecule has 1 aromatic carbocycles. The average molecular weight is 423 g/mol. The topological polar surface area (TPSA) is 79.1 Å². The van der Waals surface area contributed by atoms with Crippen LogP contribution < -0.4 is 10.6 Å². The van der Waals surface area contributed by atoms with E-state index in [2.05, 4.69) is 4.90 Å². The molecule has 0 aliphatic carbocycles. The van der Waals surface area contributed by atoms with Crippen LogP contribution in [-0.2, 0) is 14.3 Å². The average Bonchev–Trinajstić information content (AvgIpc) is 3.15. The number of hydrogen-bond acceptors (Lipinski definition) is 5. The summed E-state index contributed by atoms with van der Waals surface area (Å²) >= 11 is 0. The van der Waals surface area contributed by atoms with Crippen LogP contribution >= 0.6 is 12.4 Å². The van der Waals surface area contributed by atoms with E-state index in [1.165, 1.54) is 0 Å². The Morgan fingerprint density at radius 2 is 1.66 bits per heavy atom. The molecule has 4 rings (SSSR count). The number of nitrogens with two attached hydrogens (primary N) is 1. The first kappa shape index (κ1) is 22.0. The van der Waals surface area contributed by atoms with Crippen molar-refractivity contribution in [3.8, 4) is 0 Å². The number of hydrogen-bond donors (Lipinski definition) is 1. The summed E-state index contributed by atoms with van der Waals surface area (Å²) in [5.41, 5.74) is 7.23. The summed E-state index contributed by atoms with van der Waals surface area (Å²) in [4.78, 5) is 31.7. The Hall–Kier alpha value is -1.67. The van der Waals surface area contributed by atoms with Gasteiger partial charge in [0.05, 0.1) is 12.1 Å². The highest BCUT2D eigenvalue weighted by atomic mass is 35.5. The lowest BCUT2D eigenvalue weighted by molar-refractivity contribution is -0.137. The molecule has 3 saturated heterocycles. The molecule has 0 bridgehead atoms. The summed E-state index contributed by atoms with van der Waals surface area (Å²) in [6, 6.07) is 9.33. The van der Waals surface area contributed by atoms with E-state index >= 15 is 0 Å². The van der Waals surface area contributed by atoms with Gasteiger partial charge in [0.1, 0.15) is 0 Å². The lowest BCUT2D eigenvalue weighted by atomic mass is 9.91. The molecule has 2 atom stereocenters. The van der Waals surface area contributed by atoms with Crippen molar-refractivity contribution in [3.05, 3.63) is 30.3 Å². The van der Waals surface area contributed by atoms with Crippen LogP contribution in [0, 0.1) is 5.92 Å². The Balaban J connectivity index is 0.00000240. The number of halogens is 1. The molecule has 8 heteroatoms. The molecule has 2 unspecified atom stereocenters. The number of benzene rings is 1. The summed E-state index contributed by atoms with van der Waals surface area (Å²) in [5, 5.41) is 0. The Labute approximate surface area is 178 Å². The van der Waals surface area contributed by atoms with Crippen molar-refractivity contribution in [2.75, 3.05) is 50.8 Å². The van der Waals surface area contributed by atoms with Gasteiger partial charge in [-0.05, 0) is 37.3 Å². The van der Waals surface area contributed by atoms with Gasteiger partial charge in [0, 0.05) is 51.6 Å². The number of rotatable bonds is 4. The predicted octanol–water partition coefficient (Wildman–Crippen LogP) is 1.11. The molecule has 3 fully saturated rings. The summed E-state index contributed by atoms with van der Waals surface area (Å²) in [6.07, 6.45) is 2.56. The van der Waals surface area contributed by atoms with E-state index in [9.17, 15) is 9.59 Å². The van der Waals surface area contributed by atoms with E-state index in [0.717, 1.165) is 44.6 Å². The first-order valence-electron chi connectivity index (χ1n) is 10.4. The monoisotopic (exact) mass is 422 g/mol. The highest BCUT2D eigenvalue weighted by Crippen LogP contribution is 2.25. The van der Waals surface area contributed by atoms with Crippen LogP contribution in [0.5, 0.6) is 0 Å². The van der Waals surface area contributed by atoms with Gasteiger partial charge in [0.15, 0.2) is 0 Å². The quantitative estimate of drug-likeness (QED) is 0.786. The first-order valence-corrected chi connectivity index (χ1v) is 10.4. The van der Waals surface area contributed by atoms with E-state index in [1.54, 1.807) is 0 Å². The summed E-state index contributed by atoms with van der Waals surface area (Å²) in [5.74, 6) is 0.440. The zero-order valence-corrected chi connectivity index (χ0v) is 17.6. The zero-order valence-electron chi connectivity index (χ0n) is 16.7. The van der Waals surface area contributed by atoms with Gasteiger partial charge in [-0.25, -0.2) is 0 Å². The molecule has 0 saturated carbocycles. The molecule has 160 valence electrons. The van der Waals surface area contributed by atoms with Crippen molar-refractivity contribution in [3.63, 3.8) is 0 Å². The molecular weight excluding hydrogens is 392 g/mol. The molecule has 1 aromatic rings. The number of para-hydroxylation sites is 1. The van der Waals surface area contributed by atoms with Crippen LogP contribution in [-0.4, -0.2) is 79.6 Å². The number of amides is 2. The normalized spacial score (nSPS) is 25.0. The van der Waals surface area contributed by atoms with Crippen LogP contribution in [0.25, 0.3) is 0 Å². The minimum atomic E-state index is -0.433. The molecule has 29 heavy (non-hydrogen) atoms. The maximum atomic E-state index is 12.9. The van der Waals surface area contributed by atoms with E-state index in [-0.39, 0.29) is 36.2 Å². The minimum Gasteiger partial charge on any atom is -0.381 e. The number of carbonyl (C=O) groups excluding carboxylic acids is 2. The summed E-state index contributed by atoms with van der Waals surface area (Å²) in [7, 11) is 0.